The van der Waals surface area contributed by atoms with Gasteiger partial charge in [0.05, 0.1) is 16.1 Å². The Balaban J connectivity index is 2.07. The number of hydrogen-bond donors (Lipinski definition) is 0. The number of benzene rings is 2. The van der Waals surface area contributed by atoms with Gasteiger partial charge in [-0.2, -0.15) is 13.2 Å². The molecule has 27 heavy (non-hydrogen) atoms. The zero-order valence-electron chi connectivity index (χ0n) is 14.3. The van der Waals surface area contributed by atoms with E-state index < -0.39 is 23.2 Å². The van der Waals surface area contributed by atoms with Gasteiger partial charge in [-0.25, -0.2) is 0 Å². The molecule has 140 valence electrons. The van der Waals surface area contributed by atoms with Crippen molar-refractivity contribution in [2.45, 2.75) is 6.18 Å². The van der Waals surface area contributed by atoms with Gasteiger partial charge in [-0.05, 0) is 30.3 Å². The van der Waals surface area contributed by atoms with Crippen LogP contribution in [0.5, 0.6) is 0 Å². The third kappa shape index (κ3) is 3.30. The van der Waals surface area contributed by atoms with Gasteiger partial charge in [0.1, 0.15) is 5.56 Å². The van der Waals surface area contributed by atoms with Crippen molar-refractivity contribution in [1.82, 2.24) is 4.57 Å². The highest BCUT2D eigenvalue weighted by Gasteiger charge is 2.30. The fourth-order valence-electron chi connectivity index (χ4n) is 2.80. The summed E-state index contributed by atoms with van der Waals surface area (Å²) in [6, 6.07) is 10.9. The molecule has 0 aliphatic heterocycles. The van der Waals surface area contributed by atoms with E-state index in [1.54, 1.807) is 24.3 Å². The molecule has 0 saturated heterocycles. The molecular formula is C19H14ClF3N2O2. The summed E-state index contributed by atoms with van der Waals surface area (Å²) in [5.41, 5.74) is -0.866. The van der Waals surface area contributed by atoms with Gasteiger partial charge in [0.25, 0.3) is 11.5 Å². The molecular weight excluding hydrogens is 381 g/mol. The minimum atomic E-state index is -4.47. The Bertz CT molecular complexity index is 1090. The fraction of sp³-hybridized carbons (Fsp3) is 0.158. The second kappa shape index (κ2) is 6.74. The largest absolute Gasteiger partial charge is 0.416 e. The zero-order valence-corrected chi connectivity index (χ0v) is 15.1. The first-order valence-electron chi connectivity index (χ1n) is 7.85. The molecule has 0 spiro atoms. The molecule has 0 saturated carbocycles. The fourth-order valence-corrected chi connectivity index (χ4v) is 3.12. The summed E-state index contributed by atoms with van der Waals surface area (Å²) >= 11 is 6.32. The number of anilines is 1. The van der Waals surface area contributed by atoms with Crippen LogP contribution in [0, 0.1) is 0 Å². The number of amides is 1. The maximum atomic E-state index is 12.9. The molecule has 8 heteroatoms. The predicted molar refractivity (Wildman–Crippen MR) is 98.4 cm³/mol. The molecule has 0 unspecified atom stereocenters. The number of carbonyl (C=O) groups excluding carboxylic acids is 1. The first-order chi connectivity index (χ1) is 12.6. The van der Waals surface area contributed by atoms with Crippen molar-refractivity contribution in [1.29, 1.82) is 0 Å². The Labute approximate surface area is 157 Å². The molecule has 1 aromatic heterocycles. The van der Waals surface area contributed by atoms with Crippen LogP contribution in [0.4, 0.5) is 18.9 Å². The van der Waals surface area contributed by atoms with Crippen LogP contribution >= 0.6 is 11.6 Å². The summed E-state index contributed by atoms with van der Waals surface area (Å²) in [5, 5.41) is 0.544. The number of halogens is 4. The Hall–Kier alpha value is -2.80. The quantitative estimate of drug-likeness (QED) is 0.642. The van der Waals surface area contributed by atoms with Gasteiger partial charge in [-0.3, -0.25) is 9.59 Å². The SMILES string of the molecule is CN(C(=O)c1c(Cl)c2ccccc2n(C)c1=O)c1ccc(C(F)(F)F)cc1. The summed E-state index contributed by atoms with van der Waals surface area (Å²) in [4.78, 5) is 26.6. The summed E-state index contributed by atoms with van der Waals surface area (Å²) in [5.74, 6) is -0.703. The van der Waals surface area contributed by atoms with Gasteiger partial charge in [0.2, 0.25) is 0 Å². The van der Waals surface area contributed by atoms with E-state index in [9.17, 15) is 22.8 Å². The van der Waals surface area contributed by atoms with Crippen LogP contribution in [0.15, 0.2) is 53.3 Å². The number of para-hydroxylation sites is 1. The molecule has 0 fully saturated rings. The van der Waals surface area contributed by atoms with Crippen LogP contribution in [-0.4, -0.2) is 17.5 Å². The zero-order chi connectivity index (χ0) is 19.9. The van der Waals surface area contributed by atoms with Crippen LogP contribution < -0.4 is 10.5 Å². The number of carbonyl (C=O) groups is 1. The summed E-state index contributed by atoms with van der Waals surface area (Å²) in [6.07, 6.45) is -4.47. The van der Waals surface area contributed by atoms with Crippen LogP contribution in [-0.2, 0) is 13.2 Å². The van der Waals surface area contributed by atoms with Crippen molar-refractivity contribution in [3.8, 4) is 0 Å². The van der Waals surface area contributed by atoms with E-state index >= 15 is 0 Å². The highest BCUT2D eigenvalue weighted by molar-refractivity contribution is 6.39. The maximum Gasteiger partial charge on any atom is 0.416 e. The molecule has 4 nitrogen and oxygen atoms in total. The number of aryl methyl sites for hydroxylation is 1. The van der Waals surface area contributed by atoms with Crippen molar-refractivity contribution in [2.75, 3.05) is 11.9 Å². The average Bonchev–Trinajstić information content (AvgIpc) is 2.65. The molecule has 2 aromatic carbocycles. The third-order valence-electron chi connectivity index (χ3n) is 4.34. The Kier molecular flexibility index (Phi) is 4.73. The first-order valence-corrected chi connectivity index (χ1v) is 8.23. The monoisotopic (exact) mass is 394 g/mol. The standard InChI is InChI=1S/C19H14ClF3N2O2/c1-24(12-9-7-11(8-10-12)19(21,22)23)17(26)15-16(20)13-5-3-4-6-14(13)25(2)18(15)27/h3-10H,1-2H3. The van der Waals surface area contributed by atoms with Crippen LogP contribution in [0.2, 0.25) is 5.02 Å². The van der Waals surface area contributed by atoms with Gasteiger partial charge in [-0.1, -0.05) is 29.8 Å². The number of pyridine rings is 1. The first kappa shape index (κ1) is 19.0. The number of fused-ring (bicyclic) bond motifs is 1. The van der Waals surface area contributed by atoms with E-state index in [-0.39, 0.29) is 16.3 Å². The smallest absolute Gasteiger partial charge is 0.311 e. The molecule has 0 aliphatic rings. The normalized spacial score (nSPS) is 11.6. The minimum absolute atomic E-state index is 0.0115. The summed E-state index contributed by atoms with van der Waals surface area (Å²) in [6.45, 7) is 0. The van der Waals surface area contributed by atoms with E-state index in [1.165, 1.54) is 30.8 Å². The van der Waals surface area contributed by atoms with E-state index in [0.717, 1.165) is 17.0 Å². The van der Waals surface area contributed by atoms with Crippen molar-refractivity contribution >= 4 is 34.1 Å². The average molecular weight is 395 g/mol. The number of rotatable bonds is 2. The minimum Gasteiger partial charge on any atom is -0.311 e. The second-order valence-corrected chi connectivity index (χ2v) is 6.36. The molecule has 0 atom stereocenters. The van der Waals surface area contributed by atoms with Gasteiger partial charge in [0.15, 0.2) is 0 Å². The van der Waals surface area contributed by atoms with E-state index in [2.05, 4.69) is 0 Å². The Morgan fingerprint density at radius 3 is 2.26 bits per heavy atom. The van der Waals surface area contributed by atoms with Crippen LogP contribution in [0.1, 0.15) is 15.9 Å². The van der Waals surface area contributed by atoms with Crippen LogP contribution in [0.3, 0.4) is 0 Å². The van der Waals surface area contributed by atoms with Gasteiger partial charge >= 0.3 is 6.18 Å². The summed E-state index contributed by atoms with van der Waals surface area (Å²) < 4.78 is 39.4. The molecule has 3 aromatic rings. The number of nitrogens with zero attached hydrogens (tertiary/aromatic N) is 2. The van der Waals surface area contributed by atoms with Crippen molar-refractivity contribution in [3.63, 3.8) is 0 Å². The highest BCUT2D eigenvalue weighted by Crippen LogP contribution is 2.31. The Morgan fingerprint density at radius 2 is 1.67 bits per heavy atom. The van der Waals surface area contributed by atoms with Crippen molar-refractivity contribution in [3.05, 3.63) is 75.0 Å². The van der Waals surface area contributed by atoms with Crippen LogP contribution in [0.25, 0.3) is 10.9 Å². The van der Waals surface area contributed by atoms with Gasteiger partial charge in [0, 0.05) is 25.2 Å². The molecule has 1 amide bonds. The van der Waals surface area contributed by atoms with E-state index in [0.29, 0.717) is 10.9 Å². The lowest BCUT2D eigenvalue weighted by molar-refractivity contribution is -0.137. The molecule has 3 rings (SSSR count). The maximum absolute atomic E-state index is 12.9. The second-order valence-electron chi connectivity index (χ2n) is 5.98. The lowest BCUT2D eigenvalue weighted by atomic mass is 10.1. The van der Waals surface area contributed by atoms with Crippen molar-refractivity contribution < 1.29 is 18.0 Å². The Morgan fingerprint density at radius 1 is 1.07 bits per heavy atom. The highest BCUT2D eigenvalue weighted by atomic mass is 35.5. The molecule has 0 bridgehead atoms. The van der Waals surface area contributed by atoms with Gasteiger partial charge < -0.3 is 9.47 Å². The van der Waals surface area contributed by atoms with Gasteiger partial charge in [-0.15, -0.1) is 0 Å². The van der Waals surface area contributed by atoms with E-state index in [1.807, 2.05) is 0 Å². The lowest BCUT2D eigenvalue weighted by Gasteiger charge is -2.19. The lowest BCUT2D eigenvalue weighted by Crippen LogP contribution is -2.34. The van der Waals surface area contributed by atoms with E-state index in [4.69, 9.17) is 11.6 Å². The number of alkyl halides is 3. The number of aromatic nitrogens is 1. The molecule has 0 radical (unpaired) electrons. The summed E-state index contributed by atoms with van der Waals surface area (Å²) in [7, 11) is 2.89. The molecule has 1 heterocycles. The molecule has 0 aliphatic carbocycles. The third-order valence-corrected chi connectivity index (χ3v) is 4.73. The predicted octanol–water partition coefficient (Wildman–Crippen LogP) is 4.49. The number of hydrogen-bond acceptors (Lipinski definition) is 2. The topological polar surface area (TPSA) is 42.3 Å². The molecule has 0 N–H and O–H groups in total. The van der Waals surface area contributed by atoms with Crippen molar-refractivity contribution in [2.24, 2.45) is 7.05 Å².